The number of hydrogen-bond acceptors (Lipinski definition) is 7. The minimum atomic E-state index is -3.91. The van der Waals surface area contributed by atoms with Crippen LogP contribution in [0.25, 0.3) is 22.2 Å². The molecule has 0 radical (unpaired) electrons. The third-order valence-corrected chi connectivity index (χ3v) is 7.82. The number of hydrogen-bond donors (Lipinski definition) is 0. The average molecular weight is 476 g/mol. The summed E-state index contributed by atoms with van der Waals surface area (Å²) >= 11 is 7.38. The van der Waals surface area contributed by atoms with E-state index in [0.717, 1.165) is 15.4 Å². The Balaban J connectivity index is 1.70. The second-order valence-corrected chi connectivity index (χ2v) is 9.96. The van der Waals surface area contributed by atoms with Crippen molar-refractivity contribution in [1.29, 1.82) is 0 Å². The standard InChI is InChI=1S/C21H18ClN3O4S2/c1-13-5-4-6-14(11-13)20-23-21(29-24-20)19-18(9-10-30-19)31(26,27)25(2)15-7-8-17(28-3)16(22)12-15/h4-12H,1-3H3. The van der Waals surface area contributed by atoms with Crippen LogP contribution in [0.3, 0.4) is 0 Å². The fourth-order valence-electron chi connectivity index (χ4n) is 3.01. The highest BCUT2D eigenvalue weighted by molar-refractivity contribution is 7.93. The molecule has 2 aromatic carbocycles. The second-order valence-electron chi connectivity index (χ2n) is 6.70. The molecule has 160 valence electrons. The number of halogens is 1. The first-order valence-corrected chi connectivity index (χ1v) is 11.8. The zero-order valence-corrected chi connectivity index (χ0v) is 19.3. The molecule has 0 spiro atoms. The molecule has 0 amide bonds. The lowest BCUT2D eigenvalue weighted by atomic mass is 10.1. The maximum Gasteiger partial charge on any atom is 0.269 e. The summed E-state index contributed by atoms with van der Waals surface area (Å²) in [6.45, 7) is 1.97. The van der Waals surface area contributed by atoms with Gasteiger partial charge in [-0.05, 0) is 42.6 Å². The quantitative estimate of drug-likeness (QED) is 0.378. The highest BCUT2D eigenvalue weighted by Crippen LogP contribution is 2.37. The van der Waals surface area contributed by atoms with Crippen LogP contribution in [0.5, 0.6) is 5.75 Å². The molecular weight excluding hydrogens is 458 g/mol. The van der Waals surface area contributed by atoms with Gasteiger partial charge in [0.1, 0.15) is 15.5 Å². The maximum absolute atomic E-state index is 13.3. The summed E-state index contributed by atoms with van der Waals surface area (Å²) in [6, 6.07) is 14.0. The zero-order chi connectivity index (χ0) is 22.2. The summed E-state index contributed by atoms with van der Waals surface area (Å²) < 4.78 is 38.4. The van der Waals surface area contributed by atoms with Gasteiger partial charge in [0.05, 0.1) is 17.8 Å². The highest BCUT2D eigenvalue weighted by atomic mass is 35.5. The molecule has 10 heteroatoms. The van der Waals surface area contributed by atoms with Gasteiger partial charge in [0, 0.05) is 12.6 Å². The molecule has 0 unspecified atom stereocenters. The molecule has 2 aromatic heterocycles. The van der Waals surface area contributed by atoms with Gasteiger partial charge in [-0.2, -0.15) is 4.98 Å². The van der Waals surface area contributed by atoms with E-state index >= 15 is 0 Å². The Morgan fingerprint density at radius 3 is 2.68 bits per heavy atom. The Bertz CT molecular complexity index is 1350. The zero-order valence-electron chi connectivity index (χ0n) is 16.9. The van der Waals surface area contributed by atoms with Gasteiger partial charge < -0.3 is 9.26 Å². The molecule has 0 saturated heterocycles. The van der Waals surface area contributed by atoms with Crippen LogP contribution >= 0.6 is 22.9 Å². The number of sulfonamides is 1. The minimum absolute atomic E-state index is 0.0754. The van der Waals surface area contributed by atoms with E-state index in [1.807, 2.05) is 31.2 Å². The van der Waals surface area contributed by atoms with Crippen LogP contribution < -0.4 is 9.04 Å². The molecule has 2 heterocycles. The normalized spacial score (nSPS) is 11.5. The van der Waals surface area contributed by atoms with Crippen molar-refractivity contribution in [2.45, 2.75) is 11.8 Å². The Labute approximate surface area is 188 Å². The largest absolute Gasteiger partial charge is 0.495 e. The highest BCUT2D eigenvalue weighted by Gasteiger charge is 2.29. The topological polar surface area (TPSA) is 85.5 Å². The molecule has 7 nitrogen and oxygen atoms in total. The van der Waals surface area contributed by atoms with E-state index in [-0.39, 0.29) is 10.8 Å². The van der Waals surface area contributed by atoms with Crippen LogP contribution in [-0.4, -0.2) is 32.7 Å². The summed E-state index contributed by atoms with van der Waals surface area (Å²) in [5.41, 5.74) is 2.25. The number of ether oxygens (including phenoxy) is 1. The van der Waals surface area contributed by atoms with Crippen molar-refractivity contribution >= 4 is 38.6 Å². The van der Waals surface area contributed by atoms with Gasteiger partial charge in [-0.25, -0.2) is 8.42 Å². The number of methoxy groups -OCH3 is 1. The Kier molecular flexibility index (Phi) is 5.74. The molecule has 0 fully saturated rings. The molecule has 0 N–H and O–H groups in total. The molecule has 0 saturated carbocycles. The third kappa shape index (κ3) is 4.04. The van der Waals surface area contributed by atoms with Crippen LogP contribution in [0.2, 0.25) is 5.02 Å². The molecule has 0 aliphatic rings. The number of rotatable bonds is 6. The van der Waals surface area contributed by atoms with Crippen molar-refractivity contribution in [3.8, 4) is 27.9 Å². The van der Waals surface area contributed by atoms with Crippen molar-refractivity contribution in [2.24, 2.45) is 0 Å². The maximum atomic E-state index is 13.3. The lowest BCUT2D eigenvalue weighted by molar-refractivity contribution is 0.415. The van der Waals surface area contributed by atoms with Gasteiger partial charge >= 0.3 is 0 Å². The number of aromatic nitrogens is 2. The molecule has 4 aromatic rings. The van der Waals surface area contributed by atoms with Crippen LogP contribution in [0, 0.1) is 6.92 Å². The van der Waals surface area contributed by atoms with E-state index in [1.54, 1.807) is 17.5 Å². The first-order valence-electron chi connectivity index (χ1n) is 9.12. The van der Waals surface area contributed by atoms with Crippen molar-refractivity contribution in [3.05, 3.63) is 64.5 Å². The SMILES string of the molecule is COc1ccc(N(C)S(=O)(=O)c2ccsc2-c2nc(-c3cccc(C)c3)no2)cc1Cl. The number of anilines is 1. The molecule has 0 bridgehead atoms. The van der Waals surface area contributed by atoms with E-state index in [0.29, 0.717) is 27.2 Å². The van der Waals surface area contributed by atoms with Crippen molar-refractivity contribution in [1.82, 2.24) is 10.1 Å². The van der Waals surface area contributed by atoms with Gasteiger partial charge in [0.2, 0.25) is 5.82 Å². The van der Waals surface area contributed by atoms with Crippen molar-refractivity contribution in [2.75, 3.05) is 18.5 Å². The Morgan fingerprint density at radius 2 is 1.97 bits per heavy atom. The predicted octanol–water partition coefficient (Wildman–Crippen LogP) is 5.26. The summed E-state index contributed by atoms with van der Waals surface area (Å²) in [7, 11) is -0.956. The first kappa shape index (κ1) is 21.4. The van der Waals surface area contributed by atoms with E-state index in [9.17, 15) is 8.42 Å². The van der Waals surface area contributed by atoms with Crippen LogP contribution in [0.4, 0.5) is 5.69 Å². The fraction of sp³-hybridized carbons (Fsp3) is 0.143. The van der Waals surface area contributed by atoms with E-state index in [4.69, 9.17) is 20.9 Å². The number of thiophene rings is 1. The summed E-state index contributed by atoms with van der Waals surface area (Å²) in [5, 5.41) is 6.01. The number of nitrogens with zero attached hydrogens (tertiary/aromatic N) is 3. The first-order chi connectivity index (χ1) is 14.8. The van der Waals surface area contributed by atoms with E-state index in [2.05, 4.69) is 10.1 Å². The Morgan fingerprint density at radius 1 is 1.16 bits per heavy atom. The lowest BCUT2D eigenvalue weighted by Crippen LogP contribution is -2.26. The third-order valence-electron chi connectivity index (χ3n) is 4.66. The van der Waals surface area contributed by atoms with Crippen LogP contribution in [0.1, 0.15) is 5.56 Å². The predicted molar refractivity (Wildman–Crippen MR) is 121 cm³/mol. The van der Waals surface area contributed by atoms with Crippen molar-refractivity contribution < 1.29 is 17.7 Å². The second kappa shape index (κ2) is 8.33. The molecule has 0 aliphatic heterocycles. The van der Waals surface area contributed by atoms with E-state index < -0.39 is 10.0 Å². The van der Waals surface area contributed by atoms with Gasteiger partial charge in [0.15, 0.2) is 0 Å². The average Bonchev–Trinajstić information content (AvgIpc) is 3.43. The number of benzene rings is 2. The summed E-state index contributed by atoms with van der Waals surface area (Å²) in [4.78, 5) is 4.87. The lowest BCUT2D eigenvalue weighted by Gasteiger charge is -2.20. The van der Waals surface area contributed by atoms with Gasteiger partial charge in [-0.1, -0.05) is 40.5 Å². The van der Waals surface area contributed by atoms with Gasteiger partial charge in [-0.3, -0.25) is 4.31 Å². The minimum Gasteiger partial charge on any atom is -0.495 e. The van der Waals surface area contributed by atoms with E-state index in [1.165, 1.54) is 37.6 Å². The fourth-order valence-corrected chi connectivity index (χ4v) is 5.77. The van der Waals surface area contributed by atoms with Crippen molar-refractivity contribution in [3.63, 3.8) is 0 Å². The number of aryl methyl sites for hydroxylation is 1. The molecule has 31 heavy (non-hydrogen) atoms. The Hall–Kier alpha value is -2.88. The van der Waals surface area contributed by atoms with Crippen LogP contribution in [-0.2, 0) is 10.0 Å². The molecule has 0 atom stereocenters. The smallest absolute Gasteiger partial charge is 0.269 e. The van der Waals surface area contributed by atoms with Gasteiger partial charge in [-0.15, -0.1) is 11.3 Å². The monoisotopic (exact) mass is 475 g/mol. The molecule has 4 rings (SSSR count). The molecule has 0 aliphatic carbocycles. The van der Waals surface area contributed by atoms with Crippen LogP contribution in [0.15, 0.2) is 63.3 Å². The van der Waals surface area contributed by atoms with Gasteiger partial charge in [0.25, 0.3) is 15.9 Å². The molecular formula is C21H18ClN3O4S2. The summed E-state index contributed by atoms with van der Waals surface area (Å²) in [5.74, 6) is 0.999. The summed E-state index contributed by atoms with van der Waals surface area (Å²) in [6.07, 6.45) is 0.